The van der Waals surface area contributed by atoms with E-state index in [2.05, 4.69) is 10.3 Å². The first-order chi connectivity index (χ1) is 12.5. The molecular formula is C18H18ClN3O4. The molecule has 0 aliphatic rings. The van der Waals surface area contributed by atoms with Crippen molar-refractivity contribution in [3.8, 4) is 17.2 Å². The fourth-order valence-electron chi connectivity index (χ4n) is 2.58. The molecule has 1 N–H and O–H groups in total. The lowest BCUT2D eigenvalue weighted by atomic mass is 10.1. The maximum absolute atomic E-state index is 12.5. The fourth-order valence-corrected chi connectivity index (χ4v) is 2.73. The van der Waals surface area contributed by atoms with E-state index >= 15 is 0 Å². The van der Waals surface area contributed by atoms with Gasteiger partial charge in [-0.3, -0.25) is 4.79 Å². The van der Waals surface area contributed by atoms with E-state index in [9.17, 15) is 4.79 Å². The van der Waals surface area contributed by atoms with E-state index in [1.54, 1.807) is 24.3 Å². The Balaban J connectivity index is 1.78. The van der Waals surface area contributed by atoms with E-state index in [0.717, 1.165) is 5.65 Å². The molecule has 3 rings (SSSR count). The van der Waals surface area contributed by atoms with Crippen molar-refractivity contribution in [2.75, 3.05) is 21.3 Å². The van der Waals surface area contributed by atoms with Crippen molar-refractivity contribution < 1.29 is 19.0 Å². The molecule has 3 aromatic rings. The maximum atomic E-state index is 12.5. The number of aromatic nitrogens is 2. The predicted octanol–water partition coefficient (Wildman–Crippen LogP) is 2.94. The van der Waals surface area contributed by atoms with Crippen LogP contribution in [0.25, 0.3) is 5.65 Å². The van der Waals surface area contributed by atoms with Crippen LogP contribution in [0.2, 0.25) is 5.02 Å². The Bertz CT molecular complexity index is 930. The van der Waals surface area contributed by atoms with Crippen LogP contribution >= 0.6 is 11.6 Å². The highest BCUT2D eigenvalue weighted by Crippen LogP contribution is 2.38. The molecule has 0 bridgehead atoms. The minimum atomic E-state index is -0.278. The fraction of sp³-hybridized carbons (Fsp3) is 0.222. The summed E-state index contributed by atoms with van der Waals surface area (Å²) in [5, 5.41) is 3.44. The number of carbonyl (C=O) groups is 1. The predicted molar refractivity (Wildman–Crippen MR) is 97.5 cm³/mol. The Morgan fingerprint density at radius 1 is 1.15 bits per heavy atom. The molecular weight excluding hydrogens is 358 g/mol. The van der Waals surface area contributed by atoms with Gasteiger partial charge < -0.3 is 23.9 Å². The van der Waals surface area contributed by atoms with Crippen molar-refractivity contribution in [3.05, 3.63) is 52.9 Å². The van der Waals surface area contributed by atoms with E-state index in [4.69, 9.17) is 25.8 Å². The van der Waals surface area contributed by atoms with Gasteiger partial charge in [0.1, 0.15) is 5.65 Å². The Hall–Kier alpha value is -2.93. The number of methoxy groups -OCH3 is 3. The maximum Gasteiger partial charge on any atom is 0.251 e. The van der Waals surface area contributed by atoms with Crippen LogP contribution in [0.5, 0.6) is 17.2 Å². The molecule has 0 saturated carbocycles. The Labute approximate surface area is 155 Å². The molecule has 2 heterocycles. The van der Waals surface area contributed by atoms with Crippen LogP contribution in [0.3, 0.4) is 0 Å². The zero-order valence-electron chi connectivity index (χ0n) is 14.6. The van der Waals surface area contributed by atoms with Crippen LogP contribution in [-0.4, -0.2) is 36.6 Å². The van der Waals surface area contributed by atoms with Gasteiger partial charge in [-0.1, -0.05) is 11.6 Å². The van der Waals surface area contributed by atoms with Gasteiger partial charge in [-0.2, -0.15) is 0 Å². The Morgan fingerprint density at radius 3 is 2.46 bits per heavy atom. The number of benzene rings is 1. The van der Waals surface area contributed by atoms with Crippen LogP contribution in [-0.2, 0) is 6.54 Å². The highest BCUT2D eigenvalue weighted by molar-refractivity contribution is 6.30. The first-order valence-corrected chi connectivity index (χ1v) is 8.15. The molecule has 1 aromatic carbocycles. The van der Waals surface area contributed by atoms with Crippen molar-refractivity contribution in [2.45, 2.75) is 6.54 Å². The number of imidazole rings is 1. The normalized spacial score (nSPS) is 10.6. The van der Waals surface area contributed by atoms with Crippen molar-refractivity contribution in [2.24, 2.45) is 0 Å². The quantitative estimate of drug-likeness (QED) is 0.717. The zero-order valence-corrected chi connectivity index (χ0v) is 15.3. The third kappa shape index (κ3) is 3.52. The Kier molecular flexibility index (Phi) is 5.18. The van der Waals surface area contributed by atoms with Crippen molar-refractivity contribution in [1.82, 2.24) is 14.7 Å². The van der Waals surface area contributed by atoms with Gasteiger partial charge in [0.2, 0.25) is 5.75 Å². The van der Waals surface area contributed by atoms with E-state index in [1.165, 1.54) is 21.3 Å². The second kappa shape index (κ2) is 7.53. The monoisotopic (exact) mass is 375 g/mol. The third-order valence-corrected chi connectivity index (χ3v) is 4.06. The summed E-state index contributed by atoms with van der Waals surface area (Å²) in [7, 11) is 4.51. The molecule has 0 radical (unpaired) electrons. The van der Waals surface area contributed by atoms with E-state index in [1.807, 2.05) is 16.8 Å². The van der Waals surface area contributed by atoms with Gasteiger partial charge in [0.05, 0.1) is 33.6 Å². The van der Waals surface area contributed by atoms with Crippen LogP contribution in [0.15, 0.2) is 36.7 Å². The summed E-state index contributed by atoms with van der Waals surface area (Å²) >= 11 is 5.96. The number of amides is 1. The van der Waals surface area contributed by atoms with Gasteiger partial charge in [-0.05, 0) is 24.3 Å². The summed E-state index contributed by atoms with van der Waals surface area (Å²) in [4.78, 5) is 16.9. The molecule has 0 unspecified atom stereocenters. The number of nitrogens with one attached hydrogen (secondary N) is 1. The summed E-state index contributed by atoms with van der Waals surface area (Å²) in [5.74, 6) is 0.988. The van der Waals surface area contributed by atoms with Crippen molar-refractivity contribution >= 4 is 23.2 Å². The third-order valence-electron chi connectivity index (χ3n) is 3.83. The summed E-state index contributed by atoms with van der Waals surface area (Å²) in [5.41, 5.74) is 1.83. The van der Waals surface area contributed by atoms with Crippen molar-refractivity contribution in [3.63, 3.8) is 0 Å². The van der Waals surface area contributed by atoms with Gasteiger partial charge in [0.15, 0.2) is 11.5 Å². The Morgan fingerprint density at radius 2 is 1.85 bits per heavy atom. The molecule has 0 spiro atoms. The number of carbonyl (C=O) groups excluding carboxylic acids is 1. The molecule has 1 amide bonds. The van der Waals surface area contributed by atoms with Crippen LogP contribution in [0.1, 0.15) is 16.1 Å². The standard InChI is InChI=1S/C18H18ClN3O4/c1-24-14-6-11(7-15(25-2)17(14)26-3)18(23)20-9-13-10-22-5-4-12(19)8-16(22)21-13/h4-8,10H,9H2,1-3H3,(H,20,23). The van der Waals surface area contributed by atoms with E-state index in [-0.39, 0.29) is 12.5 Å². The summed E-state index contributed by atoms with van der Waals surface area (Å²) in [6.45, 7) is 0.273. The molecule has 0 fully saturated rings. The van der Waals surface area contributed by atoms with Gasteiger partial charge in [-0.25, -0.2) is 4.98 Å². The van der Waals surface area contributed by atoms with E-state index in [0.29, 0.717) is 33.5 Å². The lowest BCUT2D eigenvalue weighted by Crippen LogP contribution is -2.23. The van der Waals surface area contributed by atoms with Crippen molar-refractivity contribution in [1.29, 1.82) is 0 Å². The second-order valence-corrected chi connectivity index (χ2v) is 5.88. The van der Waals surface area contributed by atoms with Gasteiger partial charge in [0.25, 0.3) is 5.91 Å². The van der Waals surface area contributed by atoms with E-state index < -0.39 is 0 Å². The molecule has 7 nitrogen and oxygen atoms in total. The summed E-state index contributed by atoms with van der Waals surface area (Å²) in [6.07, 6.45) is 3.65. The number of hydrogen-bond acceptors (Lipinski definition) is 5. The molecule has 0 aliphatic carbocycles. The lowest BCUT2D eigenvalue weighted by Gasteiger charge is -2.13. The number of rotatable bonds is 6. The molecule has 0 saturated heterocycles. The number of ether oxygens (including phenoxy) is 3. The number of pyridine rings is 1. The SMILES string of the molecule is COc1cc(C(=O)NCc2cn3ccc(Cl)cc3n2)cc(OC)c1OC. The van der Waals surface area contributed by atoms with Gasteiger partial charge >= 0.3 is 0 Å². The summed E-state index contributed by atoms with van der Waals surface area (Å²) < 4.78 is 17.6. The molecule has 2 aromatic heterocycles. The largest absolute Gasteiger partial charge is 0.493 e. The van der Waals surface area contributed by atoms with Crippen LogP contribution < -0.4 is 19.5 Å². The highest BCUT2D eigenvalue weighted by atomic mass is 35.5. The average Bonchev–Trinajstić information content (AvgIpc) is 3.06. The first-order valence-electron chi connectivity index (χ1n) is 7.77. The summed E-state index contributed by atoms with van der Waals surface area (Å²) in [6, 6.07) is 6.72. The average molecular weight is 376 g/mol. The zero-order chi connectivity index (χ0) is 18.7. The molecule has 0 aliphatic heterocycles. The number of halogens is 1. The number of nitrogens with zero attached hydrogens (tertiary/aromatic N) is 2. The molecule has 8 heteroatoms. The second-order valence-electron chi connectivity index (χ2n) is 5.44. The van der Waals surface area contributed by atoms with Gasteiger partial charge in [-0.15, -0.1) is 0 Å². The number of hydrogen-bond donors (Lipinski definition) is 1. The molecule has 136 valence electrons. The minimum absolute atomic E-state index is 0.273. The highest BCUT2D eigenvalue weighted by Gasteiger charge is 2.17. The number of fused-ring (bicyclic) bond motifs is 1. The topological polar surface area (TPSA) is 74.1 Å². The minimum Gasteiger partial charge on any atom is -0.493 e. The molecule has 26 heavy (non-hydrogen) atoms. The van der Waals surface area contributed by atoms with Gasteiger partial charge in [0, 0.05) is 23.0 Å². The smallest absolute Gasteiger partial charge is 0.251 e. The molecule has 0 atom stereocenters. The van der Waals surface area contributed by atoms with Crippen LogP contribution in [0, 0.1) is 0 Å². The first kappa shape index (κ1) is 17.9. The lowest BCUT2D eigenvalue weighted by molar-refractivity contribution is 0.0949. The van der Waals surface area contributed by atoms with Crippen LogP contribution in [0.4, 0.5) is 0 Å².